The smallest absolute Gasteiger partial charge is 0.243 e. The Morgan fingerprint density at radius 1 is 1.03 bits per heavy atom. The van der Waals surface area contributed by atoms with E-state index in [1.54, 1.807) is 18.7 Å². The number of nitrogens with one attached hydrogen (secondary N) is 3. The van der Waals surface area contributed by atoms with Crippen LogP contribution in [0.1, 0.15) is 18.9 Å². The van der Waals surface area contributed by atoms with E-state index in [-0.39, 0.29) is 18.2 Å². The number of morpholine rings is 1. The first-order chi connectivity index (χ1) is 17.4. The molecule has 3 N–H and O–H groups in total. The van der Waals surface area contributed by atoms with Gasteiger partial charge in [-0.3, -0.25) is 24.1 Å². The van der Waals surface area contributed by atoms with Gasteiger partial charge in [0.1, 0.15) is 18.2 Å². The van der Waals surface area contributed by atoms with Crippen LogP contribution in [0.4, 0.5) is 0 Å². The van der Waals surface area contributed by atoms with E-state index < -0.39 is 36.0 Å². The largest absolute Gasteiger partial charge is 0.379 e. The van der Waals surface area contributed by atoms with Crippen LogP contribution >= 0.6 is 11.8 Å². The number of epoxide rings is 1. The van der Waals surface area contributed by atoms with E-state index in [0.29, 0.717) is 51.5 Å². The van der Waals surface area contributed by atoms with E-state index in [0.717, 1.165) is 5.56 Å². The van der Waals surface area contributed by atoms with Gasteiger partial charge in [0.2, 0.25) is 17.7 Å². The van der Waals surface area contributed by atoms with Crippen molar-refractivity contribution in [2.24, 2.45) is 0 Å². The number of carbonyl (C=O) groups excluding carboxylic acids is 4. The Hall–Kier alpha value is -2.47. The minimum Gasteiger partial charge on any atom is -0.379 e. The van der Waals surface area contributed by atoms with E-state index in [4.69, 9.17) is 9.47 Å². The van der Waals surface area contributed by atoms with Gasteiger partial charge in [0.25, 0.3) is 0 Å². The third-order valence-corrected chi connectivity index (χ3v) is 6.72. The van der Waals surface area contributed by atoms with Gasteiger partial charge < -0.3 is 25.4 Å². The van der Waals surface area contributed by atoms with Crippen LogP contribution in [0.15, 0.2) is 30.3 Å². The highest BCUT2D eigenvalue weighted by Gasteiger charge is 2.38. The van der Waals surface area contributed by atoms with Crippen molar-refractivity contribution >= 4 is 35.3 Å². The molecular weight excluding hydrogens is 484 g/mol. The van der Waals surface area contributed by atoms with Crippen molar-refractivity contribution in [1.82, 2.24) is 20.9 Å². The maximum Gasteiger partial charge on any atom is 0.243 e. The lowest BCUT2D eigenvalue weighted by atomic mass is 10.00. The predicted octanol–water partition coefficient (Wildman–Crippen LogP) is -0.243. The molecule has 2 aliphatic heterocycles. The number of ether oxygens (including phenoxy) is 2. The molecule has 0 bridgehead atoms. The Bertz CT molecular complexity index is 892. The second-order valence-electron chi connectivity index (χ2n) is 9.00. The van der Waals surface area contributed by atoms with Crippen LogP contribution < -0.4 is 16.0 Å². The summed E-state index contributed by atoms with van der Waals surface area (Å²) in [6, 6.07) is 7.03. The molecule has 2 saturated heterocycles. The zero-order valence-corrected chi connectivity index (χ0v) is 21.7. The lowest BCUT2D eigenvalue weighted by Gasteiger charge is -2.27. The topological polar surface area (TPSA) is 129 Å². The summed E-state index contributed by atoms with van der Waals surface area (Å²) < 4.78 is 10.4. The molecule has 1 aromatic carbocycles. The van der Waals surface area contributed by atoms with Gasteiger partial charge in [-0.25, -0.2) is 0 Å². The fourth-order valence-electron chi connectivity index (χ4n) is 3.90. The summed E-state index contributed by atoms with van der Waals surface area (Å²) in [6.45, 7) is 4.62. The van der Waals surface area contributed by atoms with Crippen molar-refractivity contribution in [3.05, 3.63) is 35.9 Å². The summed E-state index contributed by atoms with van der Waals surface area (Å²) in [6.07, 6.45) is 2.14. The lowest BCUT2D eigenvalue weighted by Crippen LogP contribution is -2.56. The lowest BCUT2D eigenvalue weighted by molar-refractivity contribution is -0.133. The van der Waals surface area contributed by atoms with Gasteiger partial charge in [-0.2, -0.15) is 11.8 Å². The average Bonchev–Trinajstić information content (AvgIpc) is 3.72. The van der Waals surface area contributed by atoms with Gasteiger partial charge in [0.15, 0.2) is 5.78 Å². The fourth-order valence-corrected chi connectivity index (χ4v) is 4.37. The highest BCUT2D eigenvalue weighted by atomic mass is 32.2. The summed E-state index contributed by atoms with van der Waals surface area (Å²) in [5.74, 6) is -0.685. The SMILES string of the molecule is CSCC[C@H](NC(=O)[C@H](C)NC(=O)CN1CCOCC1)C(=O)N[C@@H](Cc1ccccc1)C(=O)[C@H]1CO1. The van der Waals surface area contributed by atoms with Crippen molar-refractivity contribution in [2.75, 3.05) is 51.5 Å². The van der Waals surface area contributed by atoms with E-state index in [1.807, 2.05) is 41.5 Å². The number of Topliss-reactive ketones (excluding diaryl/α,β-unsaturated/α-hetero) is 1. The van der Waals surface area contributed by atoms with E-state index in [2.05, 4.69) is 16.0 Å². The van der Waals surface area contributed by atoms with E-state index >= 15 is 0 Å². The first-order valence-electron chi connectivity index (χ1n) is 12.3. The quantitative estimate of drug-likeness (QED) is 0.287. The molecule has 10 nitrogen and oxygen atoms in total. The molecule has 3 amide bonds. The molecule has 0 spiro atoms. The van der Waals surface area contributed by atoms with E-state index in [9.17, 15) is 19.2 Å². The Morgan fingerprint density at radius 3 is 2.33 bits per heavy atom. The number of carbonyl (C=O) groups is 4. The Morgan fingerprint density at radius 2 is 1.69 bits per heavy atom. The molecule has 198 valence electrons. The predicted molar refractivity (Wildman–Crippen MR) is 137 cm³/mol. The summed E-state index contributed by atoms with van der Waals surface area (Å²) in [5.41, 5.74) is 0.915. The molecule has 11 heteroatoms. The van der Waals surface area contributed by atoms with Gasteiger partial charge in [-0.15, -0.1) is 0 Å². The monoisotopic (exact) mass is 520 g/mol. The van der Waals surface area contributed by atoms with Crippen LogP contribution in [-0.2, 0) is 35.1 Å². The van der Waals surface area contributed by atoms with Crippen LogP contribution in [0, 0.1) is 0 Å². The number of benzene rings is 1. The molecule has 0 aliphatic carbocycles. The summed E-state index contributed by atoms with van der Waals surface area (Å²) in [5, 5.41) is 8.30. The highest BCUT2D eigenvalue weighted by Crippen LogP contribution is 2.15. The van der Waals surface area contributed by atoms with Crippen LogP contribution in [0.3, 0.4) is 0 Å². The zero-order valence-electron chi connectivity index (χ0n) is 20.9. The maximum absolute atomic E-state index is 13.2. The molecule has 2 heterocycles. The van der Waals surface area contributed by atoms with E-state index in [1.165, 1.54) is 0 Å². The molecule has 0 saturated carbocycles. The molecule has 3 rings (SSSR count). The number of hydrogen-bond donors (Lipinski definition) is 3. The normalized spacial score (nSPS) is 20.0. The third-order valence-electron chi connectivity index (χ3n) is 6.08. The van der Waals surface area contributed by atoms with Crippen LogP contribution in [0.5, 0.6) is 0 Å². The van der Waals surface area contributed by atoms with Crippen molar-refractivity contribution in [2.45, 2.75) is 44.0 Å². The van der Waals surface area contributed by atoms with Crippen LogP contribution in [0.25, 0.3) is 0 Å². The Labute approximate surface area is 216 Å². The molecule has 0 unspecified atom stereocenters. The number of nitrogens with zero attached hydrogens (tertiary/aromatic N) is 1. The van der Waals surface area contributed by atoms with Crippen molar-refractivity contribution in [1.29, 1.82) is 0 Å². The summed E-state index contributed by atoms with van der Waals surface area (Å²) in [7, 11) is 0. The molecule has 1 aromatic rings. The van der Waals surface area contributed by atoms with Crippen LogP contribution in [0.2, 0.25) is 0 Å². The van der Waals surface area contributed by atoms with Crippen molar-refractivity contribution < 1.29 is 28.7 Å². The standard InChI is InChI=1S/C25H36N4O6S/c1-17(26-22(30)15-29-9-11-34-12-10-29)24(32)27-19(8-13-36-2)25(33)28-20(23(31)21-16-35-21)14-18-6-4-3-5-7-18/h3-7,17,19-21H,8-16H2,1-2H3,(H,26,30)(H,27,32)(H,28,33)/t17-,19-,20-,21+/m0/s1. The fraction of sp³-hybridized carbons (Fsp3) is 0.600. The minimum absolute atomic E-state index is 0.175. The Balaban J connectivity index is 1.58. The molecule has 2 aliphatic rings. The molecule has 2 fully saturated rings. The number of amides is 3. The average molecular weight is 521 g/mol. The maximum atomic E-state index is 13.2. The van der Waals surface area contributed by atoms with Crippen LogP contribution in [-0.4, -0.2) is 104 Å². The number of ketones is 1. The first kappa shape index (κ1) is 28.1. The van der Waals surface area contributed by atoms with Crippen molar-refractivity contribution in [3.63, 3.8) is 0 Å². The molecule has 0 aromatic heterocycles. The summed E-state index contributed by atoms with van der Waals surface area (Å²) >= 11 is 1.55. The first-order valence-corrected chi connectivity index (χ1v) is 13.6. The van der Waals surface area contributed by atoms with Gasteiger partial charge in [-0.05, 0) is 37.3 Å². The second kappa shape index (κ2) is 14.3. The third kappa shape index (κ3) is 9.20. The number of rotatable bonds is 14. The summed E-state index contributed by atoms with van der Waals surface area (Å²) in [4.78, 5) is 53.2. The molecule has 0 radical (unpaired) electrons. The molecule has 36 heavy (non-hydrogen) atoms. The van der Waals surface area contributed by atoms with Gasteiger partial charge >= 0.3 is 0 Å². The zero-order chi connectivity index (χ0) is 25.9. The highest BCUT2D eigenvalue weighted by molar-refractivity contribution is 7.98. The van der Waals surface area contributed by atoms with Crippen molar-refractivity contribution in [3.8, 4) is 0 Å². The minimum atomic E-state index is -0.838. The van der Waals surface area contributed by atoms with Gasteiger partial charge in [0, 0.05) is 13.1 Å². The number of hydrogen-bond acceptors (Lipinski definition) is 8. The Kier molecular flexibility index (Phi) is 11.2. The number of thioether (sulfide) groups is 1. The molecule has 4 atom stereocenters. The van der Waals surface area contributed by atoms with Gasteiger partial charge in [0.05, 0.1) is 32.4 Å². The second-order valence-corrected chi connectivity index (χ2v) is 9.98. The molecular formula is C25H36N4O6S. The van der Waals surface area contributed by atoms with Gasteiger partial charge in [-0.1, -0.05) is 30.3 Å².